The van der Waals surface area contributed by atoms with Crippen LogP contribution >= 0.6 is 24.0 Å². The molecule has 8 atom stereocenters. The van der Waals surface area contributed by atoms with Crippen LogP contribution in [0.2, 0.25) is 0 Å². The van der Waals surface area contributed by atoms with Gasteiger partial charge in [-0.2, -0.15) is 0 Å². The number of hydrogen-bond donors (Lipinski definition) is 0. The molecule has 1 nitrogen and oxygen atoms in total. The van der Waals surface area contributed by atoms with Gasteiger partial charge in [-0.15, -0.1) is 0 Å². The van der Waals surface area contributed by atoms with Crippen LogP contribution in [-0.2, 0) is 4.74 Å². The zero-order valence-electron chi connectivity index (χ0n) is 21.6. The van der Waals surface area contributed by atoms with E-state index >= 15 is 0 Å². The Hall–Kier alpha value is -0.0200. The van der Waals surface area contributed by atoms with Crippen LogP contribution in [0, 0.1) is 46.3 Å². The maximum Gasteiger partial charge on any atom is 0.219 e. The summed E-state index contributed by atoms with van der Waals surface area (Å²) in [7, 11) is 0. The topological polar surface area (TPSA) is 9.23 Å². The minimum atomic E-state index is 0.308. The molecule has 0 saturated heterocycles. The zero-order chi connectivity index (χ0) is 23.1. The van der Waals surface area contributed by atoms with Gasteiger partial charge in [0, 0.05) is 6.42 Å². The Bertz CT molecular complexity index is 714. The Morgan fingerprint density at radius 1 is 1.09 bits per heavy atom. The number of hydrogen-bond acceptors (Lipinski definition) is 3. The first-order chi connectivity index (χ1) is 15.2. The predicted octanol–water partition coefficient (Wildman–Crippen LogP) is 9.06. The highest BCUT2D eigenvalue weighted by Gasteiger charge is 2.59. The molecule has 3 heteroatoms. The number of thioether (sulfide) groups is 1. The normalized spacial score (nSPS) is 42.0. The van der Waals surface area contributed by atoms with Gasteiger partial charge in [-0.3, -0.25) is 0 Å². The summed E-state index contributed by atoms with van der Waals surface area (Å²) in [5.41, 5.74) is 2.70. The quantitative estimate of drug-likeness (QED) is 0.279. The Morgan fingerprint density at radius 3 is 2.59 bits per heavy atom. The summed E-state index contributed by atoms with van der Waals surface area (Å²) in [5.74, 6) is 5.47. The van der Waals surface area contributed by atoms with Crippen LogP contribution in [0.1, 0.15) is 105 Å². The van der Waals surface area contributed by atoms with Crippen molar-refractivity contribution in [2.45, 2.75) is 111 Å². The molecule has 0 spiro atoms. The van der Waals surface area contributed by atoms with Gasteiger partial charge >= 0.3 is 0 Å². The van der Waals surface area contributed by atoms with E-state index in [1.165, 1.54) is 64.2 Å². The van der Waals surface area contributed by atoms with Gasteiger partial charge in [-0.05, 0) is 110 Å². The van der Waals surface area contributed by atoms with Gasteiger partial charge in [-0.1, -0.05) is 77.3 Å². The Labute approximate surface area is 208 Å². The highest BCUT2D eigenvalue weighted by atomic mass is 32.2. The standard InChI is InChI=1S/C29H48OS2/c1-19(2)8-7-9-20(3)24-12-13-25-23-11-10-21-18-22(30-27(31)32-6)14-16-28(21,4)26(23)15-17-29(24,25)5/h10,19-20,22-26H,7-9,11-18H2,1-6H3/t20-,22-,23-,24+,25-,26-,28-,29+/m0/s1. The third-order valence-corrected chi connectivity index (χ3v) is 11.7. The number of ether oxygens (including phenoxy) is 1. The summed E-state index contributed by atoms with van der Waals surface area (Å²) in [6, 6.07) is 0. The molecule has 0 aromatic heterocycles. The largest absolute Gasteiger partial charge is 0.475 e. The molecule has 0 unspecified atom stereocenters. The van der Waals surface area contributed by atoms with Gasteiger partial charge in [0.05, 0.1) is 0 Å². The number of rotatable bonds is 6. The van der Waals surface area contributed by atoms with Gasteiger partial charge < -0.3 is 4.74 Å². The lowest BCUT2D eigenvalue weighted by Gasteiger charge is -2.58. The molecule has 182 valence electrons. The molecule has 0 bridgehead atoms. The molecule has 32 heavy (non-hydrogen) atoms. The number of allylic oxidation sites excluding steroid dienone is 1. The van der Waals surface area contributed by atoms with E-state index in [2.05, 4.69) is 40.7 Å². The second-order valence-corrected chi connectivity index (χ2v) is 14.1. The second-order valence-electron chi connectivity index (χ2n) is 12.7. The summed E-state index contributed by atoms with van der Waals surface area (Å²) < 4.78 is 6.82. The minimum absolute atomic E-state index is 0.308. The maximum absolute atomic E-state index is 6.10. The fraction of sp³-hybridized carbons (Fsp3) is 0.897. The molecule has 4 aliphatic carbocycles. The van der Waals surface area contributed by atoms with Gasteiger partial charge in [-0.25, -0.2) is 0 Å². The Balaban J connectivity index is 1.45. The molecule has 4 aliphatic rings. The van der Waals surface area contributed by atoms with Crippen molar-refractivity contribution >= 4 is 28.4 Å². The summed E-state index contributed by atoms with van der Waals surface area (Å²) in [6.07, 6.45) is 20.1. The van der Waals surface area contributed by atoms with Crippen LogP contribution in [0.5, 0.6) is 0 Å². The monoisotopic (exact) mass is 476 g/mol. The molecule has 0 aliphatic heterocycles. The van der Waals surface area contributed by atoms with Crippen molar-refractivity contribution in [1.82, 2.24) is 0 Å². The van der Waals surface area contributed by atoms with E-state index in [0.29, 0.717) is 16.9 Å². The van der Waals surface area contributed by atoms with E-state index in [4.69, 9.17) is 17.0 Å². The highest BCUT2D eigenvalue weighted by Crippen LogP contribution is 2.67. The summed E-state index contributed by atoms with van der Waals surface area (Å²) in [4.78, 5) is 0. The Kier molecular flexibility index (Phi) is 7.78. The maximum atomic E-state index is 6.10. The first-order valence-corrected chi connectivity index (χ1v) is 15.3. The van der Waals surface area contributed by atoms with Gasteiger partial charge in [0.15, 0.2) is 0 Å². The number of fused-ring (bicyclic) bond motifs is 5. The van der Waals surface area contributed by atoms with Gasteiger partial charge in [0.25, 0.3) is 0 Å². The molecular formula is C29H48OS2. The van der Waals surface area contributed by atoms with E-state index < -0.39 is 0 Å². The van der Waals surface area contributed by atoms with Crippen molar-refractivity contribution < 1.29 is 4.74 Å². The van der Waals surface area contributed by atoms with Crippen molar-refractivity contribution in [3.63, 3.8) is 0 Å². The Morgan fingerprint density at radius 2 is 1.88 bits per heavy atom. The van der Waals surface area contributed by atoms with Crippen LogP contribution < -0.4 is 0 Å². The molecule has 0 aromatic rings. The van der Waals surface area contributed by atoms with E-state index in [-0.39, 0.29) is 0 Å². The van der Waals surface area contributed by atoms with Crippen LogP contribution in [-0.4, -0.2) is 16.7 Å². The van der Waals surface area contributed by atoms with Gasteiger partial charge in [0.1, 0.15) is 6.10 Å². The summed E-state index contributed by atoms with van der Waals surface area (Å²) >= 11 is 6.93. The van der Waals surface area contributed by atoms with Crippen molar-refractivity contribution in [3.8, 4) is 0 Å². The van der Waals surface area contributed by atoms with E-state index in [1.54, 1.807) is 17.3 Å². The molecule has 0 heterocycles. The predicted molar refractivity (Wildman–Crippen MR) is 144 cm³/mol. The van der Waals surface area contributed by atoms with Crippen LogP contribution in [0.25, 0.3) is 0 Å². The molecule has 4 rings (SSSR count). The molecule has 0 radical (unpaired) electrons. The van der Waals surface area contributed by atoms with Crippen LogP contribution in [0.3, 0.4) is 0 Å². The van der Waals surface area contributed by atoms with E-state index in [1.807, 2.05) is 6.26 Å². The molecule has 0 amide bonds. The highest BCUT2D eigenvalue weighted by molar-refractivity contribution is 8.22. The molecular weight excluding hydrogens is 428 g/mol. The average Bonchev–Trinajstić information content (AvgIpc) is 3.11. The fourth-order valence-electron chi connectivity index (χ4n) is 8.94. The van der Waals surface area contributed by atoms with E-state index in [9.17, 15) is 0 Å². The molecule has 3 fully saturated rings. The first-order valence-electron chi connectivity index (χ1n) is 13.6. The SMILES string of the molecule is CSC(=S)O[C@H]1CC[C@@]2(C)C(=CC[C@H]3[C@@H]4CC[C@H]([C@@H](C)CCCC(C)C)[C@@]4(C)CC[C@@H]32)C1. The fourth-order valence-corrected chi connectivity index (χ4v) is 9.31. The smallest absolute Gasteiger partial charge is 0.219 e. The lowest BCUT2D eigenvalue weighted by atomic mass is 9.47. The lowest BCUT2D eigenvalue weighted by Crippen LogP contribution is -2.51. The third kappa shape index (κ3) is 4.60. The number of thiocarbonyl (C=S) groups is 1. The van der Waals surface area contributed by atoms with Crippen LogP contribution in [0.4, 0.5) is 0 Å². The lowest BCUT2D eigenvalue weighted by molar-refractivity contribution is -0.0561. The van der Waals surface area contributed by atoms with Gasteiger partial charge in [0.2, 0.25) is 4.38 Å². The molecule has 0 N–H and O–H groups in total. The van der Waals surface area contributed by atoms with Crippen molar-refractivity contribution in [2.75, 3.05) is 6.26 Å². The van der Waals surface area contributed by atoms with Crippen LogP contribution in [0.15, 0.2) is 11.6 Å². The average molecular weight is 477 g/mol. The van der Waals surface area contributed by atoms with E-state index in [0.717, 1.165) is 46.3 Å². The summed E-state index contributed by atoms with van der Waals surface area (Å²) in [5, 5.41) is 0. The zero-order valence-corrected chi connectivity index (χ0v) is 23.3. The van der Waals surface area contributed by atoms with Crippen molar-refractivity contribution in [1.29, 1.82) is 0 Å². The second kappa shape index (κ2) is 9.92. The first kappa shape index (κ1) is 25.1. The molecule has 3 saturated carbocycles. The third-order valence-electron chi connectivity index (χ3n) is 10.7. The summed E-state index contributed by atoms with van der Waals surface area (Å²) in [6.45, 7) is 12.7. The molecule has 0 aromatic carbocycles. The van der Waals surface area contributed by atoms with Crippen molar-refractivity contribution in [2.24, 2.45) is 46.3 Å². The van der Waals surface area contributed by atoms with Crippen molar-refractivity contribution in [3.05, 3.63) is 11.6 Å². The minimum Gasteiger partial charge on any atom is -0.475 e.